The van der Waals surface area contributed by atoms with Crippen molar-refractivity contribution < 1.29 is 4.39 Å². The van der Waals surface area contributed by atoms with E-state index in [-0.39, 0.29) is 11.9 Å². The molecule has 90 valence electrons. The molecule has 0 aliphatic carbocycles. The normalized spacial score (nSPS) is 12.7. The molecule has 4 heteroatoms. The van der Waals surface area contributed by atoms with Gasteiger partial charge >= 0.3 is 0 Å². The van der Waals surface area contributed by atoms with Crippen LogP contribution in [0.25, 0.3) is 0 Å². The van der Waals surface area contributed by atoms with Gasteiger partial charge in [0.15, 0.2) is 0 Å². The van der Waals surface area contributed by atoms with E-state index in [1.54, 1.807) is 23.5 Å². The Morgan fingerprint density at radius 3 is 2.76 bits per heavy atom. The van der Waals surface area contributed by atoms with Crippen molar-refractivity contribution in [3.8, 4) is 0 Å². The van der Waals surface area contributed by atoms with Crippen LogP contribution < -0.4 is 5.73 Å². The van der Waals surface area contributed by atoms with E-state index in [1.807, 2.05) is 0 Å². The summed E-state index contributed by atoms with van der Waals surface area (Å²) < 4.78 is 13.6. The molecule has 1 unspecified atom stereocenters. The maximum atomic E-state index is 13.1. The van der Waals surface area contributed by atoms with E-state index in [4.69, 9.17) is 5.73 Å². The zero-order chi connectivity index (χ0) is 12.4. The van der Waals surface area contributed by atoms with Gasteiger partial charge in [-0.25, -0.2) is 4.39 Å². The standard InChI is InChI=1S/C13H13BrFNS/c1-8-6-17-7-10(8)13(16)5-9-2-3-12(15)11(14)4-9/h2-4,6-7,13H,5,16H2,1H3. The highest BCUT2D eigenvalue weighted by atomic mass is 79.9. The van der Waals surface area contributed by atoms with Crippen molar-refractivity contribution in [2.24, 2.45) is 5.73 Å². The molecule has 1 aromatic heterocycles. The van der Waals surface area contributed by atoms with Gasteiger partial charge in [0.1, 0.15) is 5.82 Å². The van der Waals surface area contributed by atoms with Crippen molar-refractivity contribution in [1.82, 2.24) is 0 Å². The van der Waals surface area contributed by atoms with Crippen LogP contribution in [0.4, 0.5) is 4.39 Å². The van der Waals surface area contributed by atoms with Gasteiger partial charge in [0.25, 0.3) is 0 Å². The number of benzene rings is 1. The molecule has 1 heterocycles. The fourth-order valence-corrected chi connectivity index (χ4v) is 3.12. The molecule has 0 amide bonds. The summed E-state index contributed by atoms with van der Waals surface area (Å²) in [5, 5.41) is 4.17. The van der Waals surface area contributed by atoms with Gasteiger partial charge in [-0.3, -0.25) is 0 Å². The predicted molar refractivity (Wildman–Crippen MR) is 73.8 cm³/mol. The van der Waals surface area contributed by atoms with Gasteiger partial charge in [-0.15, -0.1) is 0 Å². The smallest absolute Gasteiger partial charge is 0.137 e. The van der Waals surface area contributed by atoms with Gasteiger partial charge in [0.05, 0.1) is 4.47 Å². The van der Waals surface area contributed by atoms with E-state index < -0.39 is 0 Å². The average Bonchev–Trinajstić information content (AvgIpc) is 2.70. The maximum Gasteiger partial charge on any atom is 0.137 e. The molecule has 1 atom stereocenters. The Kier molecular flexibility index (Phi) is 3.97. The van der Waals surface area contributed by atoms with Crippen LogP contribution in [0.1, 0.15) is 22.7 Å². The van der Waals surface area contributed by atoms with Gasteiger partial charge in [-0.05, 0) is 68.9 Å². The van der Waals surface area contributed by atoms with E-state index in [0.717, 1.165) is 12.0 Å². The summed E-state index contributed by atoms with van der Waals surface area (Å²) >= 11 is 4.85. The van der Waals surface area contributed by atoms with Crippen molar-refractivity contribution in [1.29, 1.82) is 0 Å². The summed E-state index contributed by atoms with van der Waals surface area (Å²) in [6, 6.07) is 5.00. The Morgan fingerprint density at radius 2 is 2.18 bits per heavy atom. The monoisotopic (exact) mass is 313 g/mol. The average molecular weight is 314 g/mol. The molecule has 2 aromatic rings. The minimum absolute atomic E-state index is 0.0291. The fourth-order valence-electron chi connectivity index (χ4n) is 1.78. The second-order valence-electron chi connectivity index (χ2n) is 4.07. The SMILES string of the molecule is Cc1cscc1C(N)Cc1ccc(F)c(Br)c1. The largest absolute Gasteiger partial charge is 0.324 e. The van der Waals surface area contributed by atoms with E-state index in [0.29, 0.717) is 4.47 Å². The van der Waals surface area contributed by atoms with Crippen LogP contribution in [0.2, 0.25) is 0 Å². The summed E-state index contributed by atoms with van der Waals surface area (Å²) in [7, 11) is 0. The summed E-state index contributed by atoms with van der Waals surface area (Å²) in [6.45, 7) is 2.06. The van der Waals surface area contributed by atoms with Crippen LogP contribution >= 0.6 is 27.3 Å². The third-order valence-corrected chi connectivity index (χ3v) is 4.22. The highest BCUT2D eigenvalue weighted by Gasteiger charge is 2.11. The highest BCUT2D eigenvalue weighted by molar-refractivity contribution is 9.10. The second-order valence-corrected chi connectivity index (χ2v) is 5.67. The van der Waals surface area contributed by atoms with Crippen LogP contribution in [0.3, 0.4) is 0 Å². The van der Waals surface area contributed by atoms with E-state index in [9.17, 15) is 4.39 Å². The van der Waals surface area contributed by atoms with E-state index in [2.05, 4.69) is 33.6 Å². The van der Waals surface area contributed by atoms with E-state index >= 15 is 0 Å². The zero-order valence-corrected chi connectivity index (χ0v) is 11.8. The summed E-state index contributed by atoms with van der Waals surface area (Å²) in [4.78, 5) is 0. The van der Waals surface area contributed by atoms with Gasteiger partial charge in [0, 0.05) is 6.04 Å². The molecule has 0 fully saturated rings. The van der Waals surface area contributed by atoms with Crippen molar-refractivity contribution in [2.45, 2.75) is 19.4 Å². The third kappa shape index (κ3) is 2.94. The molecule has 1 aromatic carbocycles. The number of aryl methyl sites for hydroxylation is 1. The molecule has 0 saturated heterocycles. The molecule has 1 nitrogen and oxygen atoms in total. The van der Waals surface area contributed by atoms with E-state index in [1.165, 1.54) is 17.2 Å². The molecule has 0 aliphatic heterocycles. The lowest BCUT2D eigenvalue weighted by Crippen LogP contribution is -2.13. The lowest BCUT2D eigenvalue weighted by atomic mass is 9.99. The van der Waals surface area contributed by atoms with Gasteiger partial charge < -0.3 is 5.73 Å². The van der Waals surface area contributed by atoms with Crippen LogP contribution in [-0.2, 0) is 6.42 Å². The predicted octanol–water partition coefficient (Wildman–Crippen LogP) is 4.20. The number of nitrogens with two attached hydrogens (primary N) is 1. The Hall–Kier alpha value is -0.710. The van der Waals surface area contributed by atoms with Crippen LogP contribution in [0.15, 0.2) is 33.4 Å². The lowest BCUT2D eigenvalue weighted by Gasteiger charge is -2.12. The molecule has 0 spiro atoms. The number of hydrogen-bond acceptors (Lipinski definition) is 2. The maximum absolute atomic E-state index is 13.1. The molecule has 17 heavy (non-hydrogen) atoms. The molecule has 0 aliphatic rings. The minimum atomic E-state index is -0.242. The van der Waals surface area contributed by atoms with Gasteiger partial charge in [-0.1, -0.05) is 6.07 Å². The van der Waals surface area contributed by atoms with Crippen LogP contribution in [0.5, 0.6) is 0 Å². The first kappa shape index (κ1) is 12.7. The second kappa shape index (κ2) is 5.29. The van der Waals surface area contributed by atoms with Crippen LogP contribution in [0, 0.1) is 12.7 Å². The summed E-state index contributed by atoms with van der Waals surface area (Å²) in [5.74, 6) is -0.242. The van der Waals surface area contributed by atoms with Crippen molar-refractivity contribution >= 4 is 27.3 Å². The lowest BCUT2D eigenvalue weighted by molar-refractivity contribution is 0.618. The Labute approximate surface area is 113 Å². The summed E-state index contributed by atoms with van der Waals surface area (Å²) in [5.41, 5.74) is 9.60. The number of halogens is 2. The van der Waals surface area contributed by atoms with Gasteiger partial charge in [-0.2, -0.15) is 11.3 Å². The van der Waals surface area contributed by atoms with Crippen molar-refractivity contribution in [3.63, 3.8) is 0 Å². The Morgan fingerprint density at radius 1 is 1.41 bits per heavy atom. The highest BCUT2D eigenvalue weighted by Crippen LogP contribution is 2.24. The first-order chi connectivity index (χ1) is 8.08. The molecule has 0 bridgehead atoms. The first-order valence-corrected chi connectivity index (χ1v) is 7.03. The Balaban J connectivity index is 2.16. The number of hydrogen-bond donors (Lipinski definition) is 1. The molecular weight excluding hydrogens is 301 g/mol. The molecule has 2 N–H and O–H groups in total. The van der Waals surface area contributed by atoms with Gasteiger partial charge in [0.2, 0.25) is 0 Å². The molecular formula is C13H13BrFNS. The topological polar surface area (TPSA) is 26.0 Å². The fraction of sp³-hybridized carbons (Fsp3) is 0.231. The summed E-state index contributed by atoms with van der Waals surface area (Å²) in [6.07, 6.45) is 0.719. The third-order valence-electron chi connectivity index (χ3n) is 2.73. The zero-order valence-electron chi connectivity index (χ0n) is 9.41. The number of rotatable bonds is 3. The Bertz CT molecular complexity index is 524. The molecule has 0 saturated carbocycles. The molecule has 0 radical (unpaired) electrons. The molecule has 2 rings (SSSR count). The van der Waals surface area contributed by atoms with Crippen molar-refractivity contribution in [2.75, 3.05) is 0 Å². The van der Waals surface area contributed by atoms with Crippen molar-refractivity contribution in [3.05, 3.63) is 55.9 Å². The first-order valence-electron chi connectivity index (χ1n) is 5.30. The van der Waals surface area contributed by atoms with Crippen LogP contribution in [-0.4, -0.2) is 0 Å². The minimum Gasteiger partial charge on any atom is -0.324 e. The quantitative estimate of drug-likeness (QED) is 0.903. The number of thiophene rings is 1.